The van der Waals surface area contributed by atoms with Gasteiger partial charge < -0.3 is 9.73 Å². The van der Waals surface area contributed by atoms with Gasteiger partial charge >= 0.3 is 0 Å². The van der Waals surface area contributed by atoms with E-state index in [2.05, 4.69) is 5.32 Å². The molecule has 3 rings (SSSR count). The predicted molar refractivity (Wildman–Crippen MR) is 86.7 cm³/mol. The Bertz CT molecular complexity index is 819. The molecule has 1 fully saturated rings. The molecule has 6 heteroatoms. The van der Waals surface area contributed by atoms with Crippen molar-refractivity contribution in [2.75, 3.05) is 0 Å². The normalized spacial score (nSPS) is 14.7. The highest BCUT2D eigenvalue weighted by atomic mass is 32.2. The molecule has 0 radical (unpaired) electrons. The smallest absolute Gasteiger partial charge is 0.287 e. The first-order chi connectivity index (χ1) is 10.9. The number of sulfone groups is 1. The van der Waals surface area contributed by atoms with Crippen LogP contribution in [0.25, 0.3) is 0 Å². The minimum absolute atomic E-state index is 0.0377. The first-order valence-corrected chi connectivity index (χ1v) is 9.39. The number of hydrogen-bond acceptors (Lipinski definition) is 4. The molecule has 0 bridgehead atoms. The number of nitrogens with one attached hydrogen (secondary N) is 1. The Morgan fingerprint density at radius 1 is 1.17 bits per heavy atom. The highest BCUT2D eigenvalue weighted by Crippen LogP contribution is 2.21. The maximum Gasteiger partial charge on any atom is 0.287 e. The molecule has 23 heavy (non-hydrogen) atoms. The number of carbonyl (C=O) groups excluding carboxylic acids is 1. The van der Waals surface area contributed by atoms with Crippen LogP contribution >= 0.6 is 0 Å². The molecule has 1 N–H and O–H groups in total. The Labute approximate surface area is 135 Å². The Kier molecular flexibility index (Phi) is 4.26. The molecule has 0 saturated heterocycles. The van der Waals surface area contributed by atoms with Crippen LogP contribution in [0.5, 0.6) is 0 Å². The molecule has 0 spiro atoms. The van der Waals surface area contributed by atoms with E-state index in [1.807, 2.05) is 31.2 Å². The summed E-state index contributed by atoms with van der Waals surface area (Å²) in [7, 11) is -3.36. The van der Waals surface area contributed by atoms with Crippen molar-refractivity contribution in [1.29, 1.82) is 0 Å². The van der Waals surface area contributed by atoms with Crippen LogP contribution in [0, 0.1) is 6.92 Å². The molecular weight excluding hydrogens is 314 g/mol. The van der Waals surface area contributed by atoms with Crippen molar-refractivity contribution in [1.82, 2.24) is 5.32 Å². The van der Waals surface area contributed by atoms with E-state index in [1.54, 1.807) is 6.07 Å². The minimum Gasteiger partial charge on any atom is -0.455 e. The molecule has 0 atom stereocenters. The highest BCUT2D eigenvalue weighted by molar-refractivity contribution is 7.89. The second-order valence-electron chi connectivity index (χ2n) is 5.97. The van der Waals surface area contributed by atoms with E-state index < -0.39 is 9.84 Å². The maximum atomic E-state index is 12.3. The van der Waals surface area contributed by atoms with Crippen molar-refractivity contribution in [2.24, 2.45) is 0 Å². The lowest BCUT2D eigenvalue weighted by Gasteiger charge is -2.06. The van der Waals surface area contributed by atoms with Crippen LogP contribution in [0.4, 0.5) is 0 Å². The van der Waals surface area contributed by atoms with E-state index in [-0.39, 0.29) is 29.2 Å². The summed E-state index contributed by atoms with van der Waals surface area (Å²) in [6, 6.07) is 10.7. The van der Waals surface area contributed by atoms with E-state index in [0.717, 1.165) is 24.0 Å². The lowest BCUT2D eigenvalue weighted by atomic mass is 10.1. The van der Waals surface area contributed by atoms with Crippen LogP contribution in [0.1, 0.15) is 40.3 Å². The summed E-state index contributed by atoms with van der Waals surface area (Å²) in [5.41, 5.74) is 1.73. The molecule has 0 unspecified atom stereocenters. The van der Waals surface area contributed by atoms with Gasteiger partial charge in [0.05, 0.1) is 5.75 Å². The topological polar surface area (TPSA) is 76.4 Å². The molecule has 1 amide bonds. The molecule has 1 saturated carbocycles. The van der Waals surface area contributed by atoms with Crippen molar-refractivity contribution in [2.45, 2.75) is 37.3 Å². The summed E-state index contributed by atoms with van der Waals surface area (Å²) in [6.45, 7) is 1.89. The predicted octanol–water partition coefficient (Wildman–Crippen LogP) is 2.60. The average Bonchev–Trinajstić information content (AvgIpc) is 3.17. The van der Waals surface area contributed by atoms with Gasteiger partial charge in [-0.05, 0) is 43.0 Å². The lowest BCUT2D eigenvalue weighted by Crippen LogP contribution is -2.24. The van der Waals surface area contributed by atoms with Gasteiger partial charge in [0.2, 0.25) is 0 Å². The minimum atomic E-state index is -3.36. The Morgan fingerprint density at radius 3 is 2.61 bits per heavy atom. The number of amides is 1. The van der Waals surface area contributed by atoms with Crippen molar-refractivity contribution < 1.29 is 17.6 Å². The van der Waals surface area contributed by atoms with Crippen LogP contribution in [0.3, 0.4) is 0 Å². The van der Waals surface area contributed by atoms with Gasteiger partial charge in [-0.1, -0.05) is 24.3 Å². The Morgan fingerprint density at radius 2 is 1.91 bits per heavy atom. The van der Waals surface area contributed by atoms with E-state index >= 15 is 0 Å². The van der Waals surface area contributed by atoms with Gasteiger partial charge in [-0.25, -0.2) is 8.42 Å². The molecule has 1 aliphatic carbocycles. The van der Waals surface area contributed by atoms with Gasteiger partial charge in [-0.3, -0.25) is 4.79 Å². The molecule has 1 heterocycles. The SMILES string of the molecule is Cc1ccccc1CS(=O)(=O)Cc1ccc(C(=O)NC2CC2)o1. The number of benzene rings is 1. The largest absolute Gasteiger partial charge is 0.455 e. The maximum absolute atomic E-state index is 12.3. The highest BCUT2D eigenvalue weighted by Gasteiger charge is 2.25. The van der Waals surface area contributed by atoms with Gasteiger partial charge in [-0.15, -0.1) is 0 Å². The standard InChI is InChI=1S/C17H19NO4S/c1-12-4-2-3-5-13(12)10-23(20,21)11-15-8-9-16(22-15)17(19)18-14-6-7-14/h2-5,8-9,14H,6-7,10-11H2,1H3,(H,18,19). The first-order valence-electron chi connectivity index (χ1n) is 7.57. The number of hydrogen-bond donors (Lipinski definition) is 1. The third-order valence-corrected chi connectivity index (χ3v) is 5.27. The lowest BCUT2D eigenvalue weighted by molar-refractivity contribution is 0.0922. The van der Waals surface area contributed by atoms with Gasteiger partial charge in [0.15, 0.2) is 15.6 Å². The summed E-state index contributed by atoms with van der Waals surface area (Å²) < 4.78 is 30.0. The zero-order valence-corrected chi connectivity index (χ0v) is 13.7. The van der Waals surface area contributed by atoms with Crippen LogP contribution in [-0.2, 0) is 21.3 Å². The zero-order valence-electron chi connectivity index (χ0n) is 12.9. The van der Waals surface area contributed by atoms with Crippen molar-refractivity contribution in [3.8, 4) is 0 Å². The number of rotatable bonds is 6. The molecule has 5 nitrogen and oxygen atoms in total. The number of aryl methyl sites for hydroxylation is 1. The van der Waals surface area contributed by atoms with Gasteiger partial charge in [0.1, 0.15) is 11.5 Å². The van der Waals surface area contributed by atoms with Gasteiger partial charge in [-0.2, -0.15) is 0 Å². The quantitative estimate of drug-likeness (QED) is 0.881. The van der Waals surface area contributed by atoms with E-state index in [9.17, 15) is 13.2 Å². The summed E-state index contributed by atoms with van der Waals surface area (Å²) in [5, 5.41) is 2.81. The first kappa shape index (κ1) is 15.8. The molecular formula is C17H19NO4S. The summed E-state index contributed by atoms with van der Waals surface area (Å²) in [6.07, 6.45) is 1.98. The molecule has 2 aromatic rings. The third-order valence-electron chi connectivity index (χ3n) is 3.80. The second-order valence-corrected chi connectivity index (χ2v) is 8.04. The van der Waals surface area contributed by atoms with Crippen molar-refractivity contribution >= 4 is 15.7 Å². The zero-order chi connectivity index (χ0) is 16.4. The Balaban J connectivity index is 1.67. The van der Waals surface area contributed by atoms with E-state index in [0.29, 0.717) is 5.76 Å². The van der Waals surface area contributed by atoms with E-state index in [1.165, 1.54) is 6.07 Å². The van der Waals surface area contributed by atoms with Gasteiger partial charge in [0.25, 0.3) is 5.91 Å². The third kappa shape index (κ3) is 4.22. The average molecular weight is 333 g/mol. The molecule has 1 aliphatic rings. The van der Waals surface area contributed by atoms with Crippen LogP contribution in [-0.4, -0.2) is 20.4 Å². The van der Waals surface area contributed by atoms with E-state index in [4.69, 9.17) is 4.42 Å². The molecule has 1 aromatic heterocycles. The Hall–Kier alpha value is -2.08. The van der Waals surface area contributed by atoms with Gasteiger partial charge in [0, 0.05) is 6.04 Å². The van der Waals surface area contributed by atoms with Crippen LogP contribution in [0.2, 0.25) is 0 Å². The summed E-state index contributed by atoms with van der Waals surface area (Å²) >= 11 is 0. The number of carbonyl (C=O) groups is 1. The summed E-state index contributed by atoms with van der Waals surface area (Å²) in [5.74, 6) is -0.0743. The fourth-order valence-corrected chi connectivity index (χ4v) is 3.83. The fraction of sp³-hybridized carbons (Fsp3) is 0.353. The molecule has 1 aromatic carbocycles. The second kappa shape index (κ2) is 6.20. The fourth-order valence-electron chi connectivity index (χ4n) is 2.34. The monoisotopic (exact) mass is 333 g/mol. The summed E-state index contributed by atoms with van der Waals surface area (Å²) in [4.78, 5) is 11.9. The van der Waals surface area contributed by atoms with Crippen LogP contribution in [0.15, 0.2) is 40.8 Å². The van der Waals surface area contributed by atoms with Crippen molar-refractivity contribution in [3.05, 3.63) is 59.0 Å². The van der Waals surface area contributed by atoms with Crippen molar-refractivity contribution in [3.63, 3.8) is 0 Å². The molecule has 122 valence electrons. The van der Waals surface area contributed by atoms with Crippen LogP contribution < -0.4 is 5.32 Å². The number of furan rings is 1. The molecule has 0 aliphatic heterocycles.